The molecule has 1 aromatic carbocycles. The Hall–Kier alpha value is -3.68. The molecule has 27 heavy (non-hydrogen) atoms. The molecule has 3 rings (SSSR count). The molecule has 11 heteroatoms. The summed E-state index contributed by atoms with van der Waals surface area (Å²) in [4.78, 5) is 3.98. The maximum atomic E-state index is 12.6. The van der Waals surface area contributed by atoms with Crippen LogP contribution in [0.3, 0.4) is 0 Å². The zero-order valence-electron chi connectivity index (χ0n) is 14.0. The number of halogens is 3. The van der Waals surface area contributed by atoms with Crippen LogP contribution >= 0.6 is 0 Å². The van der Waals surface area contributed by atoms with E-state index in [0.717, 1.165) is 0 Å². The summed E-state index contributed by atoms with van der Waals surface area (Å²) < 4.78 is 44.2. The number of methoxy groups -OCH3 is 1. The number of fused-ring (bicyclic) bond motifs is 1. The topological polar surface area (TPSA) is 113 Å². The van der Waals surface area contributed by atoms with Gasteiger partial charge in [-0.3, -0.25) is 0 Å². The predicted octanol–water partition coefficient (Wildman–Crippen LogP) is 2.91. The molecular formula is C16H14F3N7O. The van der Waals surface area contributed by atoms with E-state index in [9.17, 15) is 13.2 Å². The van der Waals surface area contributed by atoms with Gasteiger partial charge in [-0.2, -0.15) is 22.9 Å². The molecule has 8 nitrogen and oxygen atoms in total. The molecule has 0 amide bonds. The van der Waals surface area contributed by atoms with Gasteiger partial charge in [0.15, 0.2) is 11.5 Å². The molecule has 3 aromatic rings. The van der Waals surface area contributed by atoms with Gasteiger partial charge in [0, 0.05) is 6.07 Å². The van der Waals surface area contributed by atoms with Gasteiger partial charge < -0.3 is 21.1 Å². The van der Waals surface area contributed by atoms with Crippen molar-refractivity contribution in [1.29, 1.82) is 5.26 Å². The predicted molar refractivity (Wildman–Crippen MR) is 92.9 cm³/mol. The Balaban J connectivity index is 2.02. The molecule has 140 valence electrons. The highest BCUT2D eigenvalue weighted by molar-refractivity contribution is 5.75. The minimum atomic E-state index is -4.41. The fourth-order valence-electron chi connectivity index (χ4n) is 2.39. The lowest BCUT2D eigenvalue weighted by Gasteiger charge is -2.14. The Morgan fingerprint density at radius 1 is 1.30 bits per heavy atom. The van der Waals surface area contributed by atoms with Crippen molar-refractivity contribution in [2.45, 2.75) is 6.18 Å². The van der Waals surface area contributed by atoms with Crippen LogP contribution in [0.15, 0.2) is 30.5 Å². The van der Waals surface area contributed by atoms with Gasteiger partial charge in [0.1, 0.15) is 18.1 Å². The molecule has 2 aromatic heterocycles. The minimum Gasteiger partial charge on any atom is -0.495 e. The van der Waals surface area contributed by atoms with Gasteiger partial charge in [0.2, 0.25) is 0 Å². The van der Waals surface area contributed by atoms with Crippen LogP contribution in [0.25, 0.3) is 5.65 Å². The van der Waals surface area contributed by atoms with E-state index >= 15 is 0 Å². The molecule has 4 N–H and O–H groups in total. The van der Waals surface area contributed by atoms with E-state index < -0.39 is 12.7 Å². The second-order valence-electron chi connectivity index (χ2n) is 5.48. The standard InChI is InChI=1S/C16H14F3N7O/c1-27-12-3-2-9(6-20)4-10(12)24-14-5-11(23-8-16(17,18)19)15-22-7-13(21)26(15)25-14/h2-5,7,23H,8,21H2,1H3,(H,24,25). The van der Waals surface area contributed by atoms with E-state index in [4.69, 9.17) is 15.7 Å². The first-order valence-corrected chi connectivity index (χ1v) is 7.61. The van der Waals surface area contributed by atoms with Crippen molar-refractivity contribution in [3.05, 3.63) is 36.0 Å². The molecular weight excluding hydrogens is 363 g/mol. The summed E-state index contributed by atoms with van der Waals surface area (Å²) in [5.74, 6) is 0.769. The average Bonchev–Trinajstić information content (AvgIpc) is 3.00. The van der Waals surface area contributed by atoms with Crippen molar-refractivity contribution < 1.29 is 17.9 Å². The summed E-state index contributed by atoms with van der Waals surface area (Å²) in [6.07, 6.45) is -3.11. The number of ether oxygens (including phenoxy) is 1. The van der Waals surface area contributed by atoms with Crippen LogP contribution in [0.5, 0.6) is 5.75 Å². The van der Waals surface area contributed by atoms with Gasteiger partial charge in [-0.15, -0.1) is 5.10 Å². The largest absolute Gasteiger partial charge is 0.495 e. The number of rotatable bonds is 5. The Morgan fingerprint density at radius 2 is 2.07 bits per heavy atom. The van der Waals surface area contributed by atoms with E-state index in [1.165, 1.54) is 30.0 Å². The minimum absolute atomic E-state index is 0.0944. The third-order valence-electron chi connectivity index (χ3n) is 3.56. The van der Waals surface area contributed by atoms with Crippen molar-refractivity contribution >= 4 is 28.7 Å². The molecule has 0 fully saturated rings. The van der Waals surface area contributed by atoms with E-state index in [2.05, 4.69) is 20.7 Å². The molecule has 0 aliphatic rings. The number of alkyl halides is 3. The number of benzene rings is 1. The lowest BCUT2D eigenvalue weighted by Crippen LogP contribution is -2.22. The molecule has 0 unspecified atom stereocenters. The lowest BCUT2D eigenvalue weighted by atomic mass is 10.2. The highest BCUT2D eigenvalue weighted by atomic mass is 19.4. The van der Waals surface area contributed by atoms with Crippen LogP contribution < -0.4 is 21.1 Å². The van der Waals surface area contributed by atoms with Crippen molar-refractivity contribution in [3.8, 4) is 11.8 Å². The molecule has 0 spiro atoms. The number of hydrogen-bond donors (Lipinski definition) is 3. The highest BCUT2D eigenvalue weighted by Gasteiger charge is 2.27. The van der Waals surface area contributed by atoms with Crippen LogP contribution in [-0.4, -0.2) is 34.4 Å². The van der Waals surface area contributed by atoms with Gasteiger partial charge in [0.25, 0.3) is 0 Å². The van der Waals surface area contributed by atoms with E-state index in [-0.39, 0.29) is 23.0 Å². The van der Waals surface area contributed by atoms with Crippen LogP contribution in [0, 0.1) is 11.3 Å². The van der Waals surface area contributed by atoms with Gasteiger partial charge in [-0.1, -0.05) is 0 Å². The normalized spacial score (nSPS) is 11.2. The fraction of sp³-hybridized carbons (Fsp3) is 0.188. The SMILES string of the molecule is COc1ccc(C#N)cc1Nc1cc(NCC(F)(F)F)c2ncc(N)n2n1. The van der Waals surface area contributed by atoms with Crippen molar-refractivity contribution in [2.24, 2.45) is 0 Å². The third kappa shape index (κ3) is 3.95. The molecule has 0 atom stereocenters. The lowest BCUT2D eigenvalue weighted by molar-refractivity contribution is -0.115. The zero-order chi connectivity index (χ0) is 19.6. The Morgan fingerprint density at radius 3 is 2.74 bits per heavy atom. The zero-order valence-corrected chi connectivity index (χ0v) is 14.0. The summed E-state index contributed by atoms with van der Waals surface area (Å²) in [7, 11) is 1.45. The van der Waals surface area contributed by atoms with E-state index in [1.54, 1.807) is 12.1 Å². The highest BCUT2D eigenvalue weighted by Crippen LogP contribution is 2.30. The summed E-state index contributed by atoms with van der Waals surface area (Å²) in [5.41, 5.74) is 6.82. The van der Waals surface area contributed by atoms with Gasteiger partial charge in [-0.25, -0.2) is 4.98 Å². The van der Waals surface area contributed by atoms with Crippen molar-refractivity contribution in [3.63, 3.8) is 0 Å². The summed E-state index contributed by atoms with van der Waals surface area (Å²) in [5, 5.41) is 18.5. The molecule has 0 aliphatic heterocycles. The van der Waals surface area contributed by atoms with Crippen LogP contribution in [0.1, 0.15) is 5.56 Å². The maximum Gasteiger partial charge on any atom is 0.405 e. The van der Waals surface area contributed by atoms with E-state index in [0.29, 0.717) is 17.0 Å². The van der Waals surface area contributed by atoms with Crippen molar-refractivity contribution in [1.82, 2.24) is 14.6 Å². The number of nitrogens with two attached hydrogens (primary N) is 1. The van der Waals surface area contributed by atoms with Gasteiger partial charge >= 0.3 is 6.18 Å². The summed E-state index contributed by atoms with van der Waals surface area (Å²) >= 11 is 0. The second kappa shape index (κ2) is 6.91. The van der Waals surface area contributed by atoms with Crippen LogP contribution in [0.2, 0.25) is 0 Å². The van der Waals surface area contributed by atoms with Crippen LogP contribution in [-0.2, 0) is 0 Å². The van der Waals surface area contributed by atoms with Crippen LogP contribution in [0.4, 0.5) is 36.2 Å². The first-order chi connectivity index (χ1) is 12.8. The molecule has 0 bridgehead atoms. The molecule has 0 saturated carbocycles. The third-order valence-corrected chi connectivity index (χ3v) is 3.56. The fourth-order valence-corrected chi connectivity index (χ4v) is 2.39. The van der Waals surface area contributed by atoms with Gasteiger partial charge in [-0.05, 0) is 18.2 Å². The van der Waals surface area contributed by atoms with Crippen molar-refractivity contribution in [2.75, 3.05) is 30.0 Å². The number of aromatic nitrogens is 3. The monoisotopic (exact) mass is 377 g/mol. The maximum absolute atomic E-state index is 12.6. The Bertz CT molecular complexity index is 1020. The first kappa shape index (κ1) is 18.1. The number of anilines is 4. The summed E-state index contributed by atoms with van der Waals surface area (Å²) in [6, 6.07) is 8.06. The number of imidazole rings is 1. The number of nitrogen functional groups attached to an aromatic ring is 1. The number of nitrogens with one attached hydrogen (secondary N) is 2. The summed E-state index contributed by atoms with van der Waals surface area (Å²) in [6.45, 7) is -1.24. The smallest absolute Gasteiger partial charge is 0.405 e. The van der Waals surface area contributed by atoms with E-state index in [1.807, 2.05) is 6.07 Å². The number of nitrogens with zero attached hydrogens (tertiary/aromatic N) is 4. The molecule has 0 aliphatic carbocycles. The Kier molecular flexibility index (Phi) is 4.64. The molecule has 0 saturated heterocycles. The molecule has 0 radical (unpaired) electrons. The molecule has 2 heterocycles. The quantitative estimate of drug-likeness (QED) is 0.626. The second-order valence-corrected chi connectivity index (χ2v) is 5.48. The number of hydrogen-bond acceptors (Lipinski definition) is 7. The first-order valence-electron chi connectivity index (χ1n) is 7.61. The number of nitriles is 1. The average molecular weight is 377 g/mol. The van der Waals surface area contributed by atoms with Gasteiger partial charge in [0.05, 0.1) is 36.3 Å². The Labute approximate surface area is 151 Å².